The fourth-order valence-corrected chi connectivity index (χ4v) is 2.81. The van der Waals surface area contributed by atoms with E-state index in [0.717, 1.165) is 26.2 Å². The number of piperazine rings is 1. The summed E-state index contributed by atoms with van der Waals surface area (Å²) in [5.41, 5.74) is 2.19. The van der Waals surface area contributed by atoms with Crippen LogP contribution in [0.5, 0.6) is 0 Å². The summed E-state index contributed by atoms with van der Waals surface area (Å²) in [4.78, 5) is 30.0. The van der Waals surface area contributed by atoms with E-state index in [9.17, 15) is 9.59 Å². The highest BCUT2D eigenvalue weighted by Crippen LogP contribution is 2.17. The molecule has 0 atom stereocenters. The van der Waals surface area contributed by atoms with Crippen LogP contribution in [0.25, 0.3) is 0 Å². The summed E-state index contributed by atoms with van der Waals surface area (Å²) in [7, 11) is 2.10. The Morgan fingerprint density at radius 2 is 1.70 bits per heavy atom. The van der Waals surface area contributed by atoms with Crippen LogP contribution in [0.1, 0.15) is 12.8 Å². The molecule has 0 unspecified atom stereocenters. The van der Waals surface area contributed by atoms with Crippen molar-refractivity contribution >= 4 is 11.8 Å². The molecule has 2 aliphatic rings. The van der Waals surface area contributed by atoms with Crippen molar-refractivity contribution in [2.75, 3.05) is 52.9 Å². The highest BCUT2D eigenvalue weighted by molar-refractivity contribution is 5.80. The van der Waals surface area contributed by atoms with Crippen LogP contribution in [0.3, 0.4) is 0 Å². The van der Waals surface area contributed by atoms with Crippen LogP contribution in [-0.4, -0.2) is 79.4 Å². The van der Waals surface area contributed by atoms with Crippen LogP contribution in [0.15, 0.2) is 0 Å². The zero-order valence-electron chi connectivity index (χ0n) is 12.2. The zero-order chi connectivity index (χ0) is 14.5. The zero-order valence-corrected chi connectivity index (χ0v) is 12.2. The Morgan fingerprint density at radius 1 is 1.10 bits per heavy atom. The lowest BCUT2D eigenvalue weighted by molar-refractivity contribution is -0.136. The number of carbonyl (C=O) groups is 2. The van der Waals surface area contributed by atoms with Gasteiger partial charge in [0.05, 0.1) is 6.54 Å². The monoisotopic (exact) mass is 283 g/mol. The molecule has 0 aromatic rings. The molecular weight excluding hydrogens is 258 g/mol. The van der Waals surface area contributed by atoms with Crippen LogP contribution >= 0.6 is 0 Å². The average Bonchev–Trinajstić information content (AvgIpc) is 2.49. The van der Waals surface area contributed by atoms with Gasteiger partial charge in [-0.2, -0.15) is 0 Å². The number of hydrazine groups is 1. The van der Waals surface area contributed by atoms with E-state index in [2.05, 4.69) is 22.3 Å². The van der Waals surface area contributed by atoms with Gasteiger partial charge in [0, 0.05) is 45.2 Å². The summed E-state index contributed by atoms with van der Waals surface area (Å²) in [5.74, 6) is 5.16. The van der Waals surface area contributed by atoms with E-state index in [1.807, 2.05) is 4.90 Å². The normalized spacial score (nSPS) is 22.8. The number of piperidine rings is 1. The first kappa shape index (κ1) is 15.2. The maximum Gasteiger partial charge on any atom is 0.237 e. The largest absolute Gasteiger partial charge is 0.342 e. The SMILES string of the molecule is CN1CCN(CC(=O)N2CCC(C(=O)NN)CC2)CC1. The summed E-state index contributed by atoms with van der Waals surface area (Å²) >= 11 is 0. The van der Waals surface area contributed by atoms with Gasteiger partial charge in [-0.3, -0.25) is 19.9 Å². The second kappa shape index (κ2) is 7.01. The van der Waals surface area contributed by atoms with Crippen LogP contribution in [0.4, 0.5) is 0 Å². The number of likely N-dealkylation sites (N-methyl/N-ethyl adjacent to an activating group) is 1. The first-order valence-electron chi connectivity index (χ1n) is 7.29. The predicted octanol–water partition coefficient (Wildman–Crippen LogP) is -1.54. The first-order valence-corrected chi connectivity index (χ1v) is 7.29. The number of amides is 2. The summed E-state index contributed by atoms with van der Waals surface area (Å²) in [5, 5.41) is 0. The number of likely N-dealkylation sites (tertiary alicyclic amines) is 1. The molecule has 114 valence electrons. The van der Waals surface area contributed by atoms with E-state index in [0.29, 0.717) is 32.5 Å². The van der Waals surface area contributed by atoms with Crippen molar-refractivity contribution in [2.45, 2.75) is 12.8 Å². The van der Waals surface area contributed by atoms with Crippen molar-refractivity contribution in [3.63, 3.8) is 0 Å². The maximum atomic E-state index is 12.2. The topological polar surface area (TPSA) is 81.9 Å². The molecule has 7 nitrogen and oxygen atoms in total. The lowest BCUT2D eigenvalue weighted by atomic mass is 9.96. The van der Waals surface area contributed by atoms with Crippen LogP contribution in [0.2, 0.25) is 0 Å². The van der Waals surface area contributed by atoms with Gasteiger partial charge in [-0.05, 0) is 19.9 Å². The molecule has 2 rings (SSSR count). The number of carbonyl (C=O) groups excluding carboxylic acids is 2. The molecular formula is C13H25N5O2. The maximum absolute atomic E-state index is 12.2. The number of nitrogens with two attached hydrogens (primary N) is 1. The third kappa shape index (κ3) is 3.91. The van der Waals surface area contributed by atoms with E-state index in [-0.39, 0.29) is 17.7 Å². The van der Waals surface area contributed by atoms with E-state index >= 15 is 0 Å². The molecule has 0 bridgehead atoms. The second-order valence-corrected chi connectivity index (χ2v) is 5.74. The van der Waals surface area contributed by atoms with Crippen LogP contribution in [0, 0.1) is 5.92 Å². The number of hydrogen-bond acceptors (Lipinski definition) is 5. The summed E-state index contributed by atoms with van der Waals surface area (Å²) in [6, 6.07) is 0. The lowest BCUT2D eigenvalue weighted by Crippen LogP contribution is -2.51. The number of hydrogen-bond donors (Lipinski definition) is 2. The molecule has 0 aliphatic carbocycles. The molecule has 0 aromatic carbocycles. The van der Waals surface area contributed by atoms with Gasteiger partial charge in [0.25, 0.3) is 0 Å². The molecule has 2 fully saturated rings. The van der Waals surface area contributed by atoms with Gasteiger partial charge in [-0.15, -0.1) is 0 Å². The molecule has 0 aromatic heterocycles. The van der Waals surface area contributed by atoms with Crippen molar-refractivity contribution in [1.29, 1.82) is 0 Å². The minimum atomic E-state index is -0.115. The molecule has 0 radical (unpaired) electrons. The number of nitrogens with one attached hydrogen (secondary N) is 1. The molecule has 2 amide bonds. The lowest BCUT2D eigenvalue weighted by Gasteiger charge is -2.35. The van der Waals surface area contributed by atoms with E-state index in [4.69, 9.17) is 5.84 Å². The average molecular weight is 283 g/mol. The van der Waals surface area contributed by atoms with E-state index in [1.54, 1.807) is 0 Å². The Morgan fingerprint density at radius 3 is 2.25 bits per heavy atom. The fraction of sp³-hybridized carbons (Fsp3) is 0.846. The minimum Gasteiger partial charge on any atom is -0.342 e. The van der Waals surface area contributed by atoms with Crippen LogP contribution < -0.4 is 11.3 Å². The van der Waals surface area contributed by atoms with Gasteiger partial charge in [0.1, 0.15) is 0 Å². The summed E-state index contributed by atoms with van der Waals surface area (Å²) < 4.78 is 0. The van der Waals surface area contributed by atoms with Crippen molar-refractivity contribution in [1.82, 2.24) is 20.1 Å². The molecule has 0 spiro atoms. The van der Waals surface area contributed by atoms with Gasteiger partial charge >= 0.3 is 0 Å². The van der Waals surface area contributed by atoms with Gasteiger partial charge in [-0.1, -0.05) is 0 Å². The Labute approximate surface area is 120 Å². The first-order chi connectivity index (χ1) is 9.60. The van der Waals surface area contributed by atoms with Crippen LogP contribution in [-0.2, 0) is 9.59 Å². The summed E-state index contributed by atoms with van der Waals surface area (Å²) in [6.45, 7) is 5.76. The van der Waals surface area contributed by atoms with Gasteiger partial charge in [0.2, 0.25) is 11.8 Å². The van der Waals surface area contributed by atoms with Crippen molar-refractivity contribution < 1.29 is 9.59 Å². The molecule has 0 saturated carbocycles. The third-order valence-corrected chi connectivity index (χ3v) is 4.32. The van der Waals surface area contributed by atoms with Crippen molar-refractivity contribution in [3.05, 3.63) is 0 Å². The predicted molar refractivity (Wildman–Crippen MR) is 75.6 cm³/mol. The Bertz CT molecular complexity index is 347. The smallest absolute Gasteiger partial charge is 0.237 e. The van der Waals surface area contributed by atoms with E-state index < -0.39 is 0 Å². The third-order valence-electron chi connectivity index (χ3n) is 4.32. The van der Waals surface area contributed by atoms with Gasteiger partial charge < -0.3 is 9.80 Å². The molecule has 3 N–H and O–H groups in total. The standard InChI is InChI=1S/C13H25N5O2/c1-16-6-8-17(9-7-16)10-12(19)18-4-2-11(3-5-18)13(20)15-14/h11H,2-10,14H2,1H3,(H,15,20). The van der Waals surface area contributed by atoms with Crippen molar-refractivity contribution in [3.8, 4) is 0 Å². The highest BCUT2D eigenvalue weighted by atomic mass is 16.2. The van der Waals surface area contributed by atoms with Crippen molar-refractivity contribution in [2.24, 2.45) is 11.8 Å². The van der Waals surface area contributed by atoms with Gasteiger partial charge in [-0.25, -0.2) is 5.84 Å². The summed E-state index contributed by atoms with van der Waals surface area (Å²) in [6.07, 6.45) is 1.41. The molecule has 2 heterocycles. The quantitative estimate of drug-likeness (QED) is 0.373. The number of nitrogens with zero attached hydrogens (tertiary/aromatic N) is 3. The second-order valence-electron chi connectivity index (χ2n) is 5.74. The fourth-order valence-electron chi connectivity index (χ4n) is 2.81. The molecule has 2 saturated heterocycles. The minimum absolute atomic E-state index is 0.0484. The molecule has 7 heteroatoms. The highest BCUT2D eigenvalue weighted by Gasteiger charge is 2.28. The molecule has 2 aliphatic heterocycles. The Kier molecular flexibility index (Phi) is 5.33. The molecule has 20 heavy (non-hydrogen) atoms. The van der Waals surface area contributed by atoms with E-state index in [1.165, 1.54) is 0 Å². The van der Waals surface area contributed by atoms with Gasteiger partial charge in [0.15, 0.2) is 0 Å². The Balaban J connectivity index is 1.73. The Hall–Kier alpha value is -1.18. The number of rotatable bonds is 3.